The predicted octanol–water partition coefficient (Wildman–Crippen LogP) is 4.11. The molecule has 6 heteroatoms. The van der Waals surface area contributed by atoms with E-state index in [0.717, 1.165) is 35.1 Å². The second-order valence-corrected chi connectivity index (χ2v) is 6.38. The van der Waals surface area contributed by atoms with Crippen molar-refractivity contribution in [3.8, 4) is 0 Å². The molecule has 2 heterocycles. The number of nitrogens with one attached hydrogen (secondary N) is 2. The fraction of sp³-hybridized carbons (Fsp3) is 0.150. The Morgan fingerprint density at radius 2 is 1.73 bits per heavy atom. The van der Waals surface area contributed by atoms with Gasteiger partial charge in [0.25, 0.3) is 5.91 Å². The molecule has 0 bridgehead atoms. The number of nitrogens with zero attached hydrogens (tertiary/aromatic N) is 2. The number of rotatable bonds is 7. The lowest BCUT2D eigenvalue weighted by molar-refractivity contribution is 0.102. The third kappa shape index (κ3) is 4.83. The molecule has 26 heavy (non-hydrogen) atoms. The first-order valence-electron chi connectivity index (χ1n) is 8.30. The molecule has 3 aromatic rings. The van der Waals surface area contributed by atoms with Crippen LogP contribution in [0.15, 0.2) is 72.0 Å². The van der Waals surface area contributed by atoms with Crippen LogP contribution in [0.3, 0.4) is 0 Å². The van der Waals surface area contributed by atoms with Crippen molar-refractivity contribution < 1.29 is 4.79 Å². The third-order valence-electron chi connectivity index (χ3n) is 3.79. The van der Waals surface area contributed by atoms with E-state index in [9.17, 15) is 4.79 Å². The Labute approximate surface area is 157 Å². The summed E-state index contributed by atoms with van der Waals surface area (Å²) >= 11 is 1.46. The van der Waals surface area contributed by atoms with E-state index < -0.39 is 0 Å². The average molecular weight is 364 g/mol. The van der Waals surface area contributed by atoms with E-state index in [-0.39, 0.29) is 5.91 Å². The summed E-state index contributed by atoms with van der Waals surface area (Å²) in [5.74, 6) is -0.154. The Hall–Kier alpha value is -2.86. The zero-order chi connectivity index (χ0) is 18.2. The van der Waals surface area contributed by atoms with Crippen LogP contribution in [-0.2, 0) is 6.42 Å². The van der Waals surface area contributed by atoms with E-state index in [4.69, 9.17) is 0 Å². The second-order valence-electron chi connectivity index (χ2n) is 5.59. The Kier molecular flexibility index (Phi) is 6.22. The number of carbonyl (C=O) groups excluding carboxylic acids is 1. The Bertz CT molecular complexity index is 853. The van der Waals surface area contributed by atoms with Crippen LogP contribution in [0.4, 0.5) is 11.4 Å². The van der Waals surface area contributed by atoms with Crippen LogP contribution in [0, 0.1) is 0 Å². The summed E-state index contributed by atoms with van der Waals surface area (Å²) in [7, 11) is 0. The number of thioether (sulfide) groups is 1. The standard InChI is InChI=1S/C20H20N4OS/c1-26-20-18(6-4-13-23-20)19(25)24-17-9-7-16(8-10-17)22-14-11-15-5-2-3-12-21-15/h2-10,12-13,22H,11,14H2,1H3,(H,24,25). The number of amides is 1. The summed E-state index contributed by atoms with van der Waals surface area (Å²) in [4.78, 5) is 20.9. The van der Waals surface area contributed by atoms with E-state index in [1.54, 1.807) is 24.5 Å². The highest BCUT2D eigenvalue weighted by molar-refractivity contribution is 7.98. The SMILES string of the molecule is CSc1ncccc1C(=O)Nc1ccc(NCCc2ccccn2)cc1. The number of benzene rings is 1. The summed E-state index contributed by atoms with van der Waals surface area (Å²) in [6.07, 6.45) is 6.26. The van der Waals surface area contributed by atoms with Gasteiger partial charge in [0.05, 0.1) is 5.56 Å². The summed E-state index contributed by atoms with van der Waals surface area (Å²) in [5, 5.41) is 6.99. The molecule has 0 saturated carbocycles. The van der Waals surface area contributed by atoms with E-state index >= 15 is 0 Å². The highest BCUT2D eigenvalue weighted by Gasteiger charge is 2.11. The third-order valence-corrected chi connectivity index (χ3v) is 4.50. The zero-order valence-corrected chi connectivity index (χ0v) is 15.3. The van der Waals surface area contributed by atoms with Crippen LogP contribution in [0.2, 0.25) is 0 Å². The molecule has 0 saturated heterocycles. The fourth-order valence-electron chi connectivity index (χ4n) is 2.48. The highest BCUT2D eigenvalue weighted by Crippen LogP contribution is 2.19. The monoisotopic (exact) mass is 364 g/mol. The van der Waals surface area contributed by atoms with Crippen molar-refractivity contribution in [3.05, 3.63) is 78.2 Å². The van der Waals surface area contributed by atoms with Gasteiger partial charge < -0.3 is 10.6 Å². The van der Waals surface area contributed by atoms with Crippen molar-refractivity contribution in [2.75, 3.05) is 23.4 Å². The molecule has 0 aliphatic carbocycles. The lowest BCUT2D eigenvalue weighted by atomic mass is 10.2. The van der Waals surface area contributed by atoms with Crippen molar-refractivity contribution in [3.63, 3.8) is 0 Å². The normalized spacial score (nSPS) is 10.3. The van der Waals surface area contributed by atoms with Gasteiger partial charge in [-0.1, -0.05) is 6.07 Å². The minimum atomic E-state index is -0.154. The fourth-order valence-corrected chi connectivity index (χ4v) is 3.02. The van der Waals surface area contributed by atoms with Gasteiger partial charge in [-0.3, -0.25) is 9.78 Å². The van der Waals surface area contributed by atoms with Crippen LogP contribution in [0.1, 0.15) is 16.1 Å². The Balaban J connectivity index is 1.55. The molecule has 0 aliphatic heterocycles. The first-order chi connectivity index (χ1) is 12.8. The molecule has 0 aliphatic rings. The van der Waals surface area contributed by atoms with Gasteiger partial charge in [0.15, 0.2) is 0 Å². The minimum absolute atomic E-state index is 0.154. The van der Waals surface area contributed by atoms with Crippen molar-refractivity contribution in [1.82, 2.24) is 9.97 Å². The van der Waals surface area contributed by atoms with Gasteiger partial charge in [-0.15, -0.1) is 11.8 Å². The number of carbonyl (C=O) groups is 1. The van der Waals surface area contributed by atoms with Crippen LogP contribution in [-0.4, -0.2) is 28.7 Å². The van der Waals surface area contributed by atoms with Gasteiger partial charge in [0, 0.05) is 42.4 Å². The van der Waals surface area contributed by atoms with Gasteiger partial charge in [0.1, 0.15) is 5.03 Å². The lowest BCUT2D eigenvalue weighted by Crippen LogP contribution is -2.13. The van der Waals surface area contributed by atoms with Gasteiger partial charge in [-0.05, 0) is 54.8 Å². The quantitative estimate of drug-likeness (QED) is 0.618. The van der Waals surface area contributed by atoms with Gasteiger partial charge >= 0.3 is 0 Å². The maximum absolute atomic E-state index is 12.4. The second kappa shape index (κ2) is 9.01. The molecule has 5 nitrogen and oxygen atoms in total. The average Bonchev–Trinajstić information content (AvgIpc) is 2.70. The zero-order valence-electron chi connectivity index (χ0n) is 14.5. The molecular weight excluding hydrogens is 344 g/mol. The number of pyridine rings is 2. The first-order valence-corrected chi connectivity index (χ1v) is 9.53. The van der Waals surface area contributed by atoms with Crippen LogP contribution in [0.5, 0.6) is 0 Å². The number of hydrogen-bond acceptors (Lipinski definition) is 5. The number of aromatic nitrogens is 2. The van der Waals surface area contributed by atoms with Crippen molar-refractivity contribution in [1.29, 1.82) is 0 Å². The first kappa shape index (κ1) is 17.9. The van der Waals surface area contributed by atoms with E-state index in [1.165, 1.54) is 11.8 Å². The van der Waals surface area contributed by atoms with E-state index in [1.807, 2.05) is 48.7 Å². The molecule has 0 atom stereocenters. The predicted molar refractivity (Wildman–Crippen MR) is 107 cm³/mol. The molecule has 1 amide bonds. The van der Waals surface area contributed by atoms with Crippen LogP contribution in [0.25, 0.3) is 0 Å². The maximum atomic E-state index is 12.4. The topological polar surface area (TPSA) is 66.9 Å². The van der Waals surface area contributed by atoms with Gasteiger partial charge in [0.2, 0.25) is 0 Å². The van der Waals surface area contributed by atoms with Crippen molar-refractivity contribution in [2.45, 2.75) is 11.4 Å². The number of hydrogen-bond donors (Lipinski definition) is 2. The van der Waals surface area contributed by atoms with Crippen molar-refractivity contribution >= 4 is 29.0 Å². The molecule has 2 N–H and O–H groups in total. The van der Waals surface area contributed by atoms with E-state index in [2.05, 4.69) is 20.6 Å². The molecule has 132 valence electrons. The van der Waals surface area contributed by atoms with Gasteiger partial charge in [-0.2, -0.15) is 0 Å². The summed E-state index contributed by atoms with van der Waals surface area (Å²) in [6.45, 7) is 0.801. The molecule has 0 unspecified atom stereocenters. The van der Waals surface area contributed by atoms with Crippen LogP contribution >= 0.6 is 11.8 Å². The molecular formula is C20H20N4OS. The molecule has 2 aromatic heterocycles. The molecule has 0 fully saturated rings. The summed E-state index contributed by atoms with van der Waals surface area (Å²) in [6, 6.07) is 17.1. The maximum Gasteiger partial charge on any atom is 0.258 e. The smallest absolute Gasteiger partial charge is 0.258 e. The van der Waals surface area contributed by atoms with E-state index in [0.29, 0.717) is 5.56 Å². The lowest BCUT2D eigenvalue weighted by Gasteiger charge is -2.10. The Morgan fingerprint density at radius 1 is 0.962 bits per heavy atom. The number of anilines is 2. The summed E-state index contributed by atoms with van der Waals surface area (Å²) in [5.41, 5.74) is 3.40. The highest BCUT2D eigenvalue weighted by atomic mass is 32.2. The largest absolute Gasteiger partial charge is 0.385 e. The van der Waals surface area contributed by atoms with Gasteiger partial charge in [-0.25, -0.2) is 4.98 Å². The van der Waals surface area contributed by atoms with Crippen molar-refractivity contribution in [2.24, 2.45) is 0 Å². The molecule has 3 rings (SSSR count). The molecule has 0 radical (unpaired) electrons. The minimum Gasteiger partial charge on any atom is -0.385 e. The molecule has 1 aromatic carbocycles. The molecule has 0 spiro atoms. The summed E-state index contributed by atoms with van der Waals surface area (Å²) < 4.78 is 0. The Morgan fingerprint density at radius 3 is 2.46 bits per heavy atom. The van der Waals surface area contributed by atoms with Crippen LogP contribution < -0.4 is 10.6 Å².